The Labute approximate surface area is 115 Å². The van der Waals surface area contributed by atoms with Crippen molar-refractivity contribution in [3.05, 3.63) is 33.8 Å². The quantitative estimate of drug-likeness (QED) is 0.766. The Morgan fingerprint density at radius 3 is 2.82 bits per heavy atom. The first kappa shape index (κ1) is 13.2. The molecule has 1 heterocycles. The van der Waals surface area contributed by atoms with E-state index < -0.39 is 0 Å². The van der Waals surface area contributed by atoms with Gasteiger partial charge in [-0.3, -0.25) is 4.79 Å². The third kappa shape index (κ3) is 3.35. The summed E-state index contributed by atoms with van der Waals surface area (Å²) in [6, 6.07) is 5.92. The molecule has 1 nitrogen and oxygen atoms in total. The number of carbonyl (C=O) groups is 1. The lowest BCUT2D eigenvalue weighted by Gasteiger charge is -2.20. The molecule has 0 atom stereocenters. The smallest absolute Gasteiger partial charge is 0.164 e. The molecule has 0 N–H and O–H groups in total. The van der Waals surface area contributed by atoms with Crippen LogP contribution in [0.1, 0.15) is 35.2 Å². The maximum absolute atomic E-state index is 12.2. The van der Waals surface area contributed by atoms with Gasteiger partial charge in [-0.05, 0) is 58.7 Å². The van der Waals surface area contributed by atoms with Gasteiger partial charge in [-0.2, -0.15) is 11.8 Å². The van der Waals surface area contributed by atoms with E-state index in [1.54, 1.807) is 0 Å². The molecule has 0 spiro atoms. The van der Waals surface area contributed by atoms with Gasteiger partial charge >= 0.3 is 0 Å². The molecule has 0 aliphatic carbocycles. The minimum atomic E-state index is 0.289. The van der Waals surface area contributed by atoms with Crippen LogP contribution < -0.4 is 0 Å². The number of carbonyl (C=O) groups excluding carboxylic acids is 1. The van der Waals surface area contributed by atoms with Crippen molar-refractivity contribution < 1.29 is 4.79 Å². The zero-order chi connectivity index (χ0) is 12.3. The lowest BCUT2D eigenvalue weighted by molar-refractivity contribution is 0.0958. The number of hydrogen-bond donors (Lipinski definition) is 0. The van der Waals surface area contributed by atoms with Crippen molar-refractivity contribution in [3.8, 4) is 0 Å². The zero-order valence-corrected chi connectivity index (χ0v) is 12.4. The Bertz CT molecular complexity index is 411. The average Bonchev–Trinajstić information content (AvgIpc) is 2.34. The Morgan fingerprint density at radius 2 is 2.12 bits per heavy atom. The predicted molar refractivity (Wildman–Crippen MR) is 77.9 cm³/mol. The fourth-order valence-electron chi connectivity index (χ4n) is 2.19. The fraction of sp³-hybridized carbons (Fsp3) is 0.500. The lowest BCUT2D eigenvalue weighted by atomic mass is 9.93. The first-order chi connectivity index (χ1) is 8.18. The summed E-state index contributed by atoms with van der Waals surface area (Å²) < 4.78 is 0.968. The van der Waals surface area contributed by atoms with Crippen molar-refractivity contribution in [1.82, 2.24) is 0 Å². The first-order valence-corrected chi connectivity index (χ1v) is 7.99. The molecule has 1 aromatic carbocycles. The summed E-state index contributed by atoms with van der Waals surface area (Å²) in [4.78, 5) is 12.2. The summed E-state index contributed by atoms with van der Waals surface area (Å²) in [5, 5.41) is 0. The van der Waals surface area contributed by atoms with E-state index in [1.807, 2.05) is 36.9 Å². The van der Waals surface area contributed by atoms with Crippen molar-refractivity contribution >= 4 is 33.5 Å². The highest BCUT2D eigenvalue weighted by atomic mass is 79.9. The van der Waals surface area contributed by atoms with Gasteiger partial charge in [0.1, 0.15) is 0 Å². The average molecular weight is 313 g/mol. The minimum Gasteiger partial charge on any atom is -0.294 e. The van der Waals surface area contributed by atoms with E-state index in [1.165, 1.54) is 24.3 Å². The summed E-state index contributed by atoms with van der Waals surface area (Å²) in [5.74, 6) is 3.31. The number of Topliss-reactive ketones (excluding diaryl/α,β-unsaturated/α-hetero) is 1. The second-order valence-electron chi connectivity index (χ2n) is 4.62. The van der Waals surface area contributed by atoms with Gasteiger partial charge in [0.15, 0.2) is 5.78 Å². The molecule has 0 aromatic heterocycles. The molecule has 0 saturated carbocycles. The van der Waals surface area contributed by atoms with Crippen LogP contribution in [0.15, 0.2) is 22.7 Å². The molecular formula is C14H17BrOS. The molecule has 0 radical (unpaired) electrons. The van der Waals surface area contributed by atoms with Crippen LogP contribution in [0.3, 0.4) is 0 Å². The summed E-state index contributed by atoms with van der Waals surface area (Å²) in [7, 11) is 0. The topological polar surface area (TPSA) is 17.1 Å². The van der Waals surface area contributed by atoms with Crippen LogP contribution in [0.2, 0.25) is 0 Å². The molecule has 17 heavy (non-hydrogen) atoms. The normalized spacial score (nSPS) is 17.1. The molecule has 3 heteroatoms. The van der Waals surface area contributed by atoms with E-state index in [4.69, 9.17) is 0 Å². The van der Waals surface area contributed by atoms with Gasteiger partial charge in [0.2, 0.25) is 0 Å². The van der Waals surface area contributed by atoms with Crippen LogP contribution >= 0.6 is 27.7 Å². The number of hydrogen-bond acceptors (Lipinski definition) is 2. The van der Waals surface area contributed by atoms with Crippen molar-refractivity contribution in [2.45, 2.75) is 26.2 Å². The number of ketones is 1. The highest BCUT2D eigenvalue weighted by Gasteiger charge is 2.19. The maximum atomic E-state index is 12.2. The van der Waals surface area contributed by atoms with Crippen LogP contribution in [-0.2, 0) is 0 Å². The van der Waals surface area contributed by atoms with Gasteiger partial charge in [-0.25, -0.2) is 0 Å². The SMILES string of the molecule is Cc1cccc(C(=O)CC2CCSCC2)c1Br. The number of rotatable bonds is 3. The minimum absolute atomic E-state index is 0.289. The summed E-state index contributed by atoms with van der Waals surface area (Å²) in [5.41, 5.74) is 1.98. The molecule has 92 valence electrons. The van der Waals surface area contributed by atoms with Crippen molar-refractivity contribution in [2.24, 2.45) is 5.92 Å². The van der Waals surface area contributed by atoms with E-state index in [0.717, 1.165) is 15.6 Å². The third-order valence-corrected chi connectivity index (χ3v) is 5.41. The van der Waals surface area contributed by atoms with Crippen LogP contribution in [0, 0.1) is 12.8 Å². The van der Waals surface area contributed by atoms with E-state index >= 15 is 0 Å². The van der Waals surface area contributed by atoms with Gasteiger partial charge in [-0.15, -0.1) is 0 Å². The number of benzene rings is 1. The molecule has 0 bridgehead atoms. The molecule has 1 aliphatic heterocycles. The number of thioether (sulfide) groups is 1. The van der Waals surface area contributed by atoms with E-state index in [2.05, 4.69) is 15.9 Å². The number of halogens is 1. The third-order valence-electron chi connectivity index (χ3n) is 3.31. The molecule has 1 saturated heterocycles. The van der Waals surface area contributed by atoms with E-state index in [-0.39, 0.29) is 5.78 Å². The van der Waals surface area contributed by atoms with Gasteiger partial charge in [0, 0.05) is 16.5 Å². The van der Waals surface area contributed by atoms with Crippen molar-refractivity contribution in [2.75, 3.05) is 11.5 Å². The Balaban J connectivity index is 2.06. The van der Waals surface area contributed by atoms with Crippen LogP contribution in [0.25, 0.3) is 0 Å². The highest BCUT2D eigenvalue weighted by Crippen LogP contribution is 2.29. The zero-order valence-electron chi connectivity index (χ0n) is 10.0. The maximum Gasteiger partial charge on any atom is 0.164 e. The number of aryl methyl sites for hydroxylation is 1. The molecule has 0 amide bonds. The van der Waals surface area contributed by atoms with Gasteiger partial charge in [-0.1, -0.05) is 18.2 Å². The molecular weight excluding hydrogens is 296 g/mol. The molecule has 1 aliphatic rings. The fourth-order valence-corrected chi connectivity index (χ4v) is 3.88. The molecule has 1 aromatic rings. The summed E-state index contributed by atoms with van der Waals surface area (Å²) in [6.07, 6.45) is 3.10. The van der Waals surface area contributed by atoms with E-state index in [0.29, 0.717) is 12.3 Å². The Kier molecular flexibility index (Phi) is 4.69. The van der Waals surface area contributed by atoms with Crippen LogP contribution in [-0.4, -0.2) is 17.3 Å². The molecule has 2 rings (SSSR count). The molecule has 1 fully saturated rings. The van der Waals surface area contributed by atoms with Gasteiger partial charge in [0.05, 0.1) is 0 Å². The predicted octanol–water partition coefficient (Wildman–Crippen LogP) is 4.47. The van der Waals surface area contributed by atoms with Crippen LogP contribution in [0.5, 0.6) is 0 Å². The van der Waals surface area contributed by atoms with Gasteiger partial charge < -0.3 is 0 Å². The second-order valence-corrected chi connectivity index (χ2v) is 6.64. The second kappa shape index (κ2) is 6.05. The standard InChI is InChI=1S/C14H17BrOS/c1-10-3-2-4-12(14(10)15)13(16)9-11-5-7-17-8-6-11/h2-4,11H,5-9H2,1H3. The van der Waals surface area contributed by atoms with Crippen molar-refractivity contribution in [3.63, 3.8) is 0 Å². The Morgan fingerprint density at radius 1 is 1.41 bits per heavy atom. The Hall–Kier alpha value is -0.280. The lowest BCUT2D eigenvalue weighted by Crippen LogP contribution is -2.15. The largest absolute Gasteiger partial charge is 0.294 e. The summed E-state index contributed by atoms with van der Waals surface area (Å²) >= 11 is 5.53. The van der Waals surface area contributed by atoms with Crippen molar-refractivity contribution in [1.29, 1.82) is 0 Å². The first-order valence-electron chi connectivity index (χ1n) is 6.04. The summed E-state index contributed by atoms with van der Waals surface area (Å²) in [6.45, 7) is 2.03. The molecule has 0 unspecified atom stereocenters. The highest BCUT2D eigenvalue weighted by molar-refractivity contribution is 9.10. The van der Waals surface area contributed by atoms with Crippen LogP contribution in [0.4, 0.5) is 0 Å². The van der Waals surface area contributed by atoms with E-state index in [9.17, 15) is 4.79 Å². The monoisotopic (exact) mass is 312 g/mol. The van der Waals surface area contributed by atoms with Gasteiger partial charge in [0.25, 0.3) is 0 Å².